The zero-order valence-corrected chi connectivity index (χ0v) is 12.3. The Kier molecular flexibility index (Phi) is 3.16. The summed E-state index contributed by atoms with van der Waals surface area (Å²) in [5.41, 5.74) is 6.44. The predicted molar refractivity (Wildman–Crippen MR) is 88.7 cm³/mol. The third-order valence-corrected chi connectivity index (χ3v) is 4.62. The number of hydrogen-bond donors (Lipinski definition) is 3. The summed E-state index contributed by atoms with van der Waals surface area (Å²) in [4.78, 5) is 0. The maximum Gasteiger partial charge on any atom is 0.151 e. The third kappa shape index (κ3) is 2.18. The first-order valence-corrected chi connectivity index (χ1v) is 7.83. The monoisotopic (exact) mass is 293 g/mol. The van der Waals surface area contributed by atoms with Crippen LogP contribution in [0, 0.1) is 0 Å². The van der Waals surface area contributed by atoms with Gasteiger partial charge in [-0.15, -0.1) is 0 Å². The molecule has 2 aromatic rings. The van der Waals surface area contributed by atoms with Crippen molar-refractivity contribution in [1.29, 1.82) is 0 Å². The van der Waals surface area contributed by atoms with E-state index in [1.165, 1.54) is 24.0 Å². The van der Waals surface area contributed by atoms with Gasteiger partial charge in [0.2, 0.25) is 0 Å². The van der Waals surface area contributed by atoms with Gasteiger partial charge in [-0.05, 0) is 66.6 Å². The molecule has 22 heavy (non-hydrogen) atoms. The van der Waals surface area contributed by atoms with E-state index < -0.39 is 6.23 Å². The molecule has 1 unspecified atom stereocenters. The molecule has 0 fully saturated rings. The predicted octanol–water partition coefficient (Wildman–Crippen LogP) is 3.56. The number of aromatic hydroxyl groups is 1. The Hall–Kier alpha value is -2.26. The van der Waals surface area contributed by atoms with Crippen LogP contribution in [0.1, 0.15) is 35.1 Å². The van der Waals surface area contributed by atoms with Crippen LogP contribution in [-0.2, 0) is 12.8 Å². The van der Waals surface area contributed by atoms with Crippen molar-refractivity contribution in [2.24, 2.45) is 0 Å². The lowest BCUT2D eigenvalue weighted by Crippen LogP contribution is -2.12. The average molecular weight is 293 g/mol. The van der Waals surface area contributed by atoms with Gasteiger partial charge in [0.25, 0.3) is 0 Å². The van der Waals surface area contributed by atoms with Crippen LogP contribution in [0.2, 0.25) is 0 Å². The number of fused-ring (bicyclic) bond motifs is 2. The van der Waals surface area contributed by atoms with Crippen LogP contribution < -0.4 is 5.32 Å². The molecular formula is C19H19NO2. The number of aliphatic hydroxyl groups excluding tert-OH is 1. The molecule has 0 saturated heterocycles. The van der Waals surface area contributed by atoms with Gasteiger partial charge in [0.1, 0.15) is 5.75 Å². The van der Waals surface area contributed by atoms with Crippen molar-refractivity contribution >= 4 is 17.3 Å². The minimum absolute atomic E-state index is 0.307. The van der Waals surface area contributed by atoms with Crippen molar-refractivity contribution < 1.29 is 10.2 Å². The first-order valence-electron chi connectivity index (χ1n) is 7.83. The molecule has 2 aromatic carbocycles. The molecule has 0 aromatic heterocycles. The fraction of sp³-hybridized carbons (Fsp3) is 0.263. The minimum atomic E-state index is -0.695. The summed E-state index contributed by atoms with van der Waals surface area (Å²) >= 11 is 0. The molecule has 0 amide bonds. The van der Waals surface area contributed by atoms with E-state index in [0.29, 0.717) is 5.75 Å². The molecule has 3 heteroatoms. The van der Waals surface area contributed by atoms with Gasteiger partial charge in [-0.25, -0.2) is 0 Å². The highest BCUT2D eigenvalue weighted by Gasteiger charge is 2.24. The summed E-state index contributed by atoms with van der Waals surface area (Å²) in [6.07, 6.45) is 5.76. The highest BCUT2D eigenvalue weighted by atomic mass is 16.3. The molecular weight excluding hydrogens is 274 g/mol. The largest absolute Gasteiger partial charge is 0.508 e. The van der Waals surface area contributed by atoms with E-state index in [0.717, 1.165) is 35.2 Å². The van der Waals surface area contributed by atoms with Crippen LogP contribution in [0.3, 0.4) is 0 Å². The summed E-state index contributed by atoms with van der Waals surface area (Å²) in [5.74, 6) is 0.307. The maximum absolute atomic E-state index is 10.3. The fourth-order valence-corrected chi connectivity index (χ4v) is 3.57. The van der Waals surface area contributed by atoms with Crippen LogP contribution in [0.15, 0.2) is 36.4 Å². The molecule has 3 N–H and O–H groups in total. The normalized spacial score (nSPS) is 21.3. The number of phenols is 1. The van der Waals surface area contributed by atoms with E-state index in [9.17, 15) is 10.2 Å². The number of aliphatic hydroxyl groups is 1. The summed E-state index contributed by atoms with van der Waals surface area (Å²) in [7, 11) is 0. The average Bonchev–Trinajstić information content (AvgIpc) is 2.83. The number of nitrogens with one attached hydrogen (secondary N) is 1. The Morgan fingerprint density at radius 2 is 1.91 bits per heavy atom. The summed E-state index contributed by atoms with van der Waals surface area (Å²) in [6.45, 7) is 0. The number of phenolic OH excluding ortho intramolecular Hbond substituents is 1. The first kappa shape index (κ1) is 13.4. The van der Waals surface area contributed by atoms with Crippen molar-refractivity contribution in [2.75, 3.05) is 5.32 Å². The van der Waals surface area contributed by atoms with Gasteiger partial charge in [0, 0.05) is 16.8 Å². The number of rotatable bonds is 1. The van der Waals surface area contributed by atoms with Crippen molar-refractivity contribution in [1.82, 2.24) is 0 Å². The molecule has 0 radical (unpaired) electrons. The van der Waals surface area contributed by atoms with E-state index in [1.807, 2.05) is 42.5 Å². The maximum atomic E-state index is 10.3. The molecule has 1 aliphatic heterocycles. The van der Waals surface area contributed by atoms with Gasteiger partial charge in [-0.1, -0.05) is 18.2 Å². The standard InChI is InChI=1S/C19H19NO2/c21-14-9-12-5-1-2-6-15(12)13(10-14)11-17-16-7-3-4-8-18(16)20-19(17)22/h3-4,7-11,19-22H,1-2,5-6H2. The molecule has 1 aliphatic carbocycles. The number of benzene rings is 2. The Labute approximate surface area is 129 Å². The highest BCUT2D eigenvalue weighted by molar-refractivity contribution is 5.94. The zero-order chi connectivity index (χ0) is 15.1. The molecule has 112 valence electrons. The smallest absolute Gasteiger partial charge is 0.151 e. The van der Waals surface area contributed by atoms with E-state index in [2.05, 4.69) is 5.32 Å². The zero-order valence-electron chi connectivity index (χ0n) is 12.3. The quantitative estimate of drug-likeness (QED) is 0.753. The fourth-order valence-electron chi connectivity index (χ4n) is 3.57. The Bertz CT molecular complexity index is 764. The second kappa shape index (κ2) is 5.18. The Morgan fingerprint density at radius 1 is 1.09 bits per heavy atom. The molecule has 4 rings (SSSR count). The van der Waals surface area contributed by atoms with Crippen LogP contribution in [0.4, 0.5) is 5.69 Å². The SMILES string of the molecule is Oc1cc(C=C2c3ccccc3NC2O)c2c(c1)CCCC2. The van der Waals surface area contributed by atoms with Crippen molar-refractivity contribution in [2.45, 2.75) is 31.9 Å². The number of hydrogen-bond acceptors (Lipinski definition) is 3. The van der Waals surface area contributed by atoms with Crippen LogP contribution in [-0.4, -0.2) is 16.4 Å². The second-order valence-corrected chi connectivity index (χ2v) is 6.07. The van der Waals surface area contributed by atoms with Gasteiger partial charge in [0.15, 0.2) is 6.23 Å². The molecule has 3 nitrogen and oxygen atoms in total. The van der Waals surface area contributed by atoms with Gasteiger partial charge in [-0.2, -0.15) is 0 Å². The van der Waals surface area contributed by atoms with Gasteiger partial charge >= 0.3 is 0 Å². The van der Waals surface area contributed by atoms with E-state index in [-0.39, 0.29) is 0 Å². The van der Waals surface area contributed by atoms with Crippen LogP contribution in [0.25, 0.3) is 11.6 Å². The topological polar surface area (TPSA) is 52.5 Å². The summed E-state index contributed by atoms with van der Waals surface area (Å²) in [5, 5.41) is 23.4. The summed E-state index contributed by atoms with van der Waals surface area (Å²) < 4.78 is 0. The van der Waals surface area contributed by atoms with Crippen LogP contribution >= 0.6 is 0 Å². The lowest BCUT2D eigenvalue weighted by Gasteiger charge is -2.19. The van der Waals surface area contributed by atoms with E-state index in [1.54, 1.807) is 0 Å². The van der Waals surface area contributed by atoms with Gasteiger partial charge in [0.05, 0.1) is 0 Å². The molecule has 0 bridgehead atoms. The minimum Gasteiger partial charge on any atom is -0.508 e. The van der Waals surface area contributed by atoms with Crippen molar-refractivity contribution in [3.8, 4) is 5.75 Å². The molecule has 1 atom stereocenters. The van der Waals surface area contributed by atoms with Crippen molar-refractivity contribution in [3.05, 3.63) is 58.7 Å². The lowest BCUT2D eigenvalue weighted by atomic mass is 9.87. The number of para-hydroxylation sites is 1. The van der Waals surface area contributed by atoms with Crippen LogP contribution in [0.5, 0.6) is 5.75 Å². The van der Waals surface area contributed by atoms with Crippen molar-refractivity contribution in [3.63, 3.8) is 0 Å². The van der Waals surface area contributed by atoms with E-state index >= 15 is 0 Å². The molecule has 2 aliphatic rings. The summed E-state index contributed by atoms with van der Waals surface area (Å²) in [6, 6.07) is 11.6. The number of aryl methyl sites for hydroxylation is 1. The molecule has 1 heterocycles. The molecule has 0 spiro atoms. The third-order valence-electron chi connectivity index (χ3n) is 4.62. The highest BCUT2D eigenvalue weighted by Crippen LogP contribution is 2.37. The van der Waals surface area contributed by atoms with Gasteiger partial charge < -0.3 is 15.5 Å². The molecule has 0 saturated carbocycles. The second-order valence-electron chi connectivity index (χ2n) is 6.07. The van der Waals surface area contributed by atoms with Gasteiger partial charge in [-0.3, -0.25) is 0 Å². The Balaban J connectivity index is 1.85. The lowest BCUT2D eigenvalue weighted by molar-refractivity contribution is 0.266. The number of anilines is 1. The first-order chi connectivity index (χ1) is 10.7. The van der Waals surface area contributed by atoms with E-state index in [4.69, 9.17) is 0 Å². The Morgan fingerprint density at radius 3 is 2.82 bits per heavy atom.